The second-order valence-electron chi connectivity index (χ2n) is 5.16. The van der Waals surface area contributed by atoms with Crippen LogP contribution in [0.25, 0.3) is 0 Å². The quantitative estimate of drug-likeness (QED) is 0.766. The van der Waals surface area contributed by atoms with E-state index in [1.807, 2.05) is 17.0 Å². The van der Waals surface area contributed by atoms with Gasteiger partial charge in [-0.15, -0.1) is 11.3 Å². The third-order valence-electron chi connectivity index (χ3n) is 2.95. The van der Waals surface area contributed by atoms with Crippen LogP contribution in [0.4, 0.5) is 0 Å². The third kappa shape index (κ3) is 3.67. The molecule has 0 aliphatic heterocycles. The van der Waals surface area contributed by atoms with E-state index >= 15 is 0 Å². The highest BCUT2D eigenvalue weighted by Crippen LogP contribution is 2.12. The number of nitrogens with zero attached hydrogens (tertiary/aromatic N) is 3. The molecule has 0 amide bonds. The molecular formula is C16H21N3S. The molecule has 4 heteroatoms. The summed E-state index contributed by atoms with van der Waals surface area (Å²) in [5.41, 5.74) is 2.39. The summed E-state index contributed by atoms with van der Waals surface area (Å²) in [6.45, 7) is 8.37. The minimum Gasteiger partial charge on any atom is -0.255 e. The van der Waals surface area contributed by atoms with Gasteiger partial charge in [-0.05, 0) is 26.3 Å². The first kappa shape index (κ1) is 14.7. The van der Waals surface area contributed by atoms with Gasteiger partial charge >= 0.3 is 0 Å². The maximum Gasteiger partial charge on any atom is 0.206 e. The number of aryl methyl sites for hydroxylation is 1. The van der Waals surface area contributed by atoms with E-state index in [1.54, 1.807) is 11.3 Å². The molecule has 0 unspecified atom stereocenters. The van der Waals surface area contributed by atoms with E-state index < -0.39 is 0 Å². The molecule has 2 rings (SSSR count). The van der Waals surface area contributed by atoms with Crippen LogP contribution in [0.5, 0.6) is 0 Å². The summed E-state index contributed by atoms with van der Waals surface area (Å²) in [4.78, 5) is 5.55. The van der Waals surface area contributed by atoms with E-state index in [1.165, 1.54) is 5.56 Å². The average Bonchev–Trinajstić information content (AvgIpc) is 2.77. The molecule has 20 heavy (non-hydrogen) atoms. The van der Waals surface area contributed by atoms with Crippen LogP contribution < -0.4 is 4.80 Å². The topological polar surface area (TPSA) is 29.6 Å². The van der Waals surface area contributed by atoms with Crippen molar-refractivity contribution in [2.45, 2.75) is 39.7 Å². The lowest BCUT2D eigenvalue weighted by Crippen LogP contribution is -2.15. The van der Waals surface area contributed by atoms with Gasteiger partial charge in [0, 0.05) is 23.6 Å². The Morgan fingerprint density at radius 2 is 1.85 bits per heavy atom. The third-order valence-corrected chi connectivity index (χ3v) is 3.90. The molecule has 0 saturated heterocycles. The van der Waals surface area contributed by atoms with Crippen molar-refractivity contribution < 1.29 is 0 Å². The fourth-order valence-electron chi connectivity index (χ4n) is 1.84. The molecule has 1 atom stereocenters. The number of aromatic nitrogens is 1. The first-order chi connectivity index (χ1) is 9.58. The maximum atomic E-state index is 4.60. The minimum absolute atomic E-state index is 0.279. The monoisotopic (exact) mass is 287 g/mol. The molecule has 0 bridgehead atoms. The highest BCUT2D eigenvalue weighted by atomic mass is 32.1. The van der Waals surface area contributed by atoms with Crippen molar-refractivity contribution in [2.24, 2.45) is 10.1 Å². The SMILES string of the molecule is Cc1csc(=NC(C)C)n1/N=C\[C@@H](C)c1ccccc1. The van der Waals surface area contributed by atoms with Crippen molar-refractivity contribution in [3.8, 4) is 0 Å². The molecular weight excluding hydrogens is 266 g/mol. The number of rotatable bonds is 4. The molecule has 3 nitrogen and oxygen atoms in total. The Balaban J connectivity index is 2.26. The van der Waals surface area contributed by atoms with Gasteiger partial charge in [0.2, 0.25) is 4.80 Å². The molecule has 0 radical (unpaired) electrons. The predicted octanol–water partition coefficient (Wildman–Crippen LogP) is 3.80. The van der Waals surface area contributed by atoms with E-state index in [2.05, 4.69) is 67.4 Å². The Labute approximate surface area is 124 Å². The summed E-state index contributed by atoms with van der Waals surface area (Å²) in [7, 11) is 0. The zero-order chi connectivity index (χ0) is 14.5. The zero-order valence-corrected chi connectivity index (χ0v) is 13.3. The van der Waals surface area contributed by atoms with Gasteiger partial charge in [0.25, 0.3) is 0 Å². The molecule has 2 aromatic rings. The molecule has 1 aromatic carbocycles. The van der Waals surface area contributed by atoms with Crippen LogP contribution in [0.2, 0.25) is 0 Å². The first-order valence-corrected chi connectivity index (χ1v) is 7.76. The van der Waals surface area contributed by atoms with E-state index in [-0.39, 0.29) is 12.0 Å². The van der Waals surface area contributed by atoms with Gasteiger partial charge in [-0.1, -0.05) is 37.3 Å². The highest BCUT2D eigenvalue weighted by molar-refractivity contribution is 7.07. The predicted molar refractivity (Wildman–Crippen MR) is 86.5 cm³/mol. The van der Waals surface area contributed by atoms with Crippen molar-refractivity contribution in [1.29, 1.82) is 0 Å². The van der Waals surface area contributed by atoms with Crippen LogP contribution in [0.3, 0.4) is 0 Å². The van der Waals surface area contributed by atoms with Gasteiger partial charge < -0.3 is 0 Å². The number of thiazole rings is 1. The summed E-state index contributed by atoms with van der Waals surface area (Å²) < 4.78 is 1.92. The van der Waals surface area contributed by atoms with Gasteiger partial charge in [-0.3, -0.25) is 4.99 Å². The smallest absolute Gasteiger partial charge is 0.206 e. The highest BCUT2D eigenvalue weighted by Gasteiger charge is 2.03. The summed E-state index contributed by atoms with van der Waals surface area (Å²) in [6.07, 6.45) is 1.98. The Bertz CT molecular complexity index is 635. The molecule has 0 aliphatic rings. The van der Waals surface area contributed by atoms with Crippen LogP contribution in [0, 0.1) is 6.92 Å². The Hall–Kier alpha value is -1.68. The van der Waals surface area contributed by atoms with Crippen molar-refractivity contribution in [3.05, 3.63) is 51.8 Å². The van der Waals surface area contributed by atoms with Crippen molar-refractivity contribution in [3.63, 3.8) is 0 Å². The molecule has 0 spiro atoms. The molecule has 0 saturated carbocycles. The van der Waals surface area contributed by atoms with Gasteiger partial charge in [0.05, 0.1) is 5.69 Å². The lowest BCUT2D eigenvalue weighted by Gasteiger charge is -2.06. The number of benzene rings is 1. The van der Waals surface area contributed by atoms with Crippen LogP contribution in [0.1, 0.15) is 37.9 Å². The maximum absolute atomic E-state index is 4.60. The van der Waals surface area contributed by atoms with Crippen LogP contribution in [-0.4, -0.2) is 16.9 Å². The fourth-order valence-corrected chi connectivity index (χ4v) is 2.78. The standard InChI is InChI=1S/C16H21N3S/c1-12(2)18-16-19(14(4)11-20-16)17-10-13(3)15-8-6-5-7-9-15/h5-13H,1-4H3/b17-10-,18-16?/t13-/m1/s1. The fraction of sp³-hybridized carbons (Fsp3) is 0.375. The van der Waals surface area contributed by atoms with Crippen LogP contribution in [0.15, 0.2) is 45.8 Å². The lowest BCUT2D eigenvalue weighted by atomic mass is 10.0. The summed E-state index contributed by atoms with van der Waals surface area (Å²) in [6, 6.07) is 10.7. The minimum atomic E-state index is 0.279. The van der Waals surface area contributed by atoms with Gasteiger partial charge in [-0.25, -0.2) is 4.68 Å². The van der Waals surface area contributed by atoms with Crippen molar-refractivity contribution in [2.75, 3.05) is 0 Å². The second kappa shape index (κ2) is 6.66. The van der Waals surface area contributed by atoms with E-state index in [9.17, 15) is 0 Å². The summed E-state index contributed by atoms with van der Waals surface area (Å²) in [5, 5.41) is 6.69. The normalized spacial score (nSPS) is 14.3. The molecule has 1 heterocycles. The van der Waals surface area contributed by atoms with E-state index in [4.69, 9.17) is 0 Å². The van der Waals surface area contributed by atoms with Gasteiger partial charge in [0.15, 0.2) is 0 Å². The summed E-state index contributed by atoms with van der Waals surface area (Å²) >= 11 is 1.63. The molecule has 0 N–H and O–H groups in total. The van der Waals surface area contributed by atoms with E-state index in [0.29, 0.717) is 0 Å². The zero-order valence-electron chi connectivity index (χ0n) is 12.4. The van der Waals surface area contributed by atoms with Gasteiger partial charge in [0.1, 0.15) is 0 Å². The average molecular weight is 287 g/mol. The largest absolute Gasteiger partial charge is 0.255 e. The molecule has 0 fully saturated rings. The number of hydrogen-bond acceptors (Lipinski definition) is 3. The molecule has 0 aliphatic carbocycles. The Kier molecular flexibility index (Phi) is 4.90. The first-order valence-electron chi connectivity index (χ1n) is 6.88. The van der Waals surface area contributed by atoms with E-state index in [0.717, 1.165) is 10.5 Å². The number of hydrogen-bond donors (Lipinski definition) is 0. The lowest BCUT2D eigenvalue weighted by molar-refractivity contribution is 0.734. The van der Waals surface area contributed by atoms with Crippen LogP contribution in [-0.2, 0) is 0 Å². The second-order valence-corrected chi connectivity index (χ2v) is 5.99. The summed E-state index contributed by atoms with van der Waals surface area (Å²) in [5.74, 6) is 0.287. The van der Waals surface area contributed by atoms with Crippen molar-refractivity contribution in [1.82, 2.24) is 4.68 Å². The van der Waals surface area contributed by atoms with Crippen molar-refractivity contribution >= 4 is 17.6 Å². The van der Waals surface area contributed by atoms with Gasteiger partial charge in [-0.2, -0.15) is 5.10 Å². The molecule has 1 aromatic heterocycles. The molecule has 106 valence electrons. The van der Waals surface area contributed by atoms with Crippen LogP contribution >= 0.6 is 11.3 Å². The Morgan fingerprint density at radius 3 is 2.50 bits per heavy atom. The Morgan fingerprint density at radius 1 is 1.15 bits per heavy atom.